The Kier molecular flexibility index (Phi) is 2.18. The van der Waals surface area contributed by atoms with E-state index in [1.165, 1.54) is 0 Å². The third-order valence-corrected chi connectivity index (χ3v) is 2.12. The van der Waals surface area contributed by atoms with Gasteiger partial charge < -0.3 is 5.32 Å². The van der Waals surface area contributed by atoms with Gasteiger partial charge in [0.15, 0.2) is 0 Å². The number of nitrogens with one attached hydrogen (secondary N) is 1. The second kappa shape index (κ2) is 3.49. The minimum atomic E-state index is -0.206. The first-order valence-corrected chi connectivity index (χ1v) is 4.39. The number of nitrogens with zero attached hydrogens (tertiary/aromatic N) is 1. The first kappa shape index (κ1) is 8.74. The maximum absolute atomic E-state index is 11.5. The Morgan fingerprint density at radius 2 is 1.86 bits per heavy atom. The maximum atomic E-state index is 11.5. The summed E-state index contributed by atoms with van der Waals surface area (Å²) in [5.41, 5.74) is 0.817. The average molecular weight is 190 g/mol. The molecule has 1 N–H and O–H groups in total. The van der Waals surface area contributed by atoms with Crippen molar-refractivity contribution in [2.75, 3.05) is 11.6 Å². The average Bonchev–Trinajstić information content (AvgIpc) is 2.19. The van der Waals surface area contributed by atoms with Crippen LogP contribution >= 0.6 is 0 Å². The lowest BCUT2D eigenvalue weighted by molar-refractivity contribution is -0.130. The number of para-hydroxylation sites is 1. The van der Waals surface area contributed by atoms with Crippen molar-refractivity contribution in [3.8, 4) is 0 Å². The summed E-state index contributed by atoms with van der Waals surface area (Å²) in [6.07, 6.45) is -0.0606. The van der Waals surface area contributed by atoms with Crippen molar-refractivity contribution in [3.05, 3.63) is 30.3 Å². The maximum Gasteiger partial charge on any atom is 0.237 e. The zero-order valence-corrected chi connectivity index (χ0v) is 7.56. The molecule has 1 aromatic rings. The van der Waals surface area contributed by atoms with Gasteiger partial charge in [-0.3, -0.25) is 14.5 Å². The van der Waals surface area contributed by atoms with Gasteiger partial charge in [0.1, 0.15) is 6.42 Å². The fourth-order valence-electron chi connectivity index (χ4n) is 1.39. The smallest absolute Gasteiger partial charge is 0.237 e. The van der Waals surface area contributed by atoms with Gasteiger partial charge in [-0.25, -0.2) is 0 Å². The molecule has 0 radical (unpaired) electrons. The summed E-state index contributed by atoms with van der Waals surface area (Å²) >= 11 is 0. The number of anilines is 1. The molecule has 0 aliphatic carbocycles. The molecule has 0 unspecified atom stereocenters. The number of amides is 2. The van der Waals surface area contributed by atoms with Gasteiger partial charge in [-0.05, 0) is 12.1 Å². The summed E-state index contributed by atoms with van der Waals surface area (Å²) in [5.74, 6) is -0.359. The second-order valence-corrected chi connectivity index (χ2v) is 3.09. The van der Waals surface area contributed by atoms with Crippen LogP contribution in [0.2, 0.25) is 0 Å². The molecule has 0 atom stereocenters. The van der Waals surface area contributed by atoms with Gasteiger partial charge in [0.2, 0.25) is 11.8 Å². The van der Waals surface area contributed by atoms with Crippen LogP contribution in [0.15, 0.2) is 30.3 Å². The first-order chi connectivity index (χ1) is 6.77. The zero-order valence-electron chi connectivity index (χ0n) is 7.56. The molecule has 1 aromatic carbocycles. The Hall–Kier alpha value is -1.84. The lowest BCUT2D eigenvalue weighted by atomic mass is 10.2. The minimum absolute atomic E-state index is 0.0606. The molecule has 4 nitrogen and oxygen atoms in total. The third-order valence-electron chi connectivity index (χ3n) is 2.12. The number of hydrogen-bond donors (Lipinski definition) is 1. The summed E-state index contributed by atoms with van der Waals surface area (Å²) in [4.78, 5) is 23.9. The molecule has 1 fully saturated rings. The zero-order chi connectivity index (χ0) is 9.97. The van der Waals surface area contributed by atoms with Crippen LogP contribution in [-0.2, 0) is 9.59 Å². The molecular weight excluding hydrogens is 180 g/mol. The second-order valence-electron chi connectivity index (χ2n) is 3.09. The van der Waals surface area contributed by atoms with E-state index < -0.39 is 0 Å². The summed E-state index contributed by atoms with van der Waals surface area (Å²) in [5, 5.41) is 2.63. The van der Waals surface area contributed by atoms with Gasteiger partial charge in [0.05, 0.1) is 6.67 Å². The van der Waals surface area contributed by atoms with Crippen LogP contribution < -0.4 is 10.2 Å². The van der Waals surface area contributed by atoms with E-state index in [4.69, 9.17) is 0 Å². The van der Waals surface area contributed by atoms with E-state index >= 15 is 0 Å². The monoisotopic (exact) mass is 190 g/mol. The van der Waals surface area contributed by atoms with Gasteiger partial charge in [-0.1, -0.05) is 18.2 Å². The lowest BCUT2D eigenvalue weighted by Gasteiger charge is -2.26. The molecule has 72 valence electrons. The van der Waals surface area contributed by atoms with Gasteiger partial charge in [0, 0.05) is 5.69 Å². The summed E-state index contributed by atoms with van der Waals surface area (Å²) in [6.45, 7) is 0.266. The largest absolute Gasteiger partial charge is 0.338 e. The number of carbonyl (C=O) groups is 2. The SMILES string of the molecule is O=C1CC(=O)N(c2ccccc2)CN1. The Balaban J connectivity index is 2.20. The highest BCUT2D eigenvalue weighted by Crippen LogP contribution is 2.15. The molecule has 1 aliphatic rings. The highest BCUT2D eigenvalue weighted by Gasteiger charge is 2.23. The van der Waals surface area contributed by atoms with E-state index in [0.717, 1.165) is 5.69 Å². The van der Waals surface area contributed by atoms with Crippen molar-refractivity contribution in [2.45, 2.75) is 6.42 Å². The van der Waals surface area contributed by atoms with Crippen LogP contribution in [0, 0.1) is 0 Å². The van der Waals surface area contributed by atoms with Crippen LogP contribution in [0.4, 0.5) is 5.69 Å². The highest BCUT2D eigenvalue weighted by atomic mass is 16.2. The lowest BCUT2D eigenvalue weighted by Crippen LogP contribution is -2.48. The predicted octanol–water partition coefficient (Wildman–Crippen LogP) is 0.497. The van der Waals surface area contributed by atoms with Crippen LogP contribution in [0.5, 0.6) is 0 Å². The van der Waals surface area contributed by atoms with E-state index in [0.29, 0.717) is 0 Å². The molecular formula is C10H10N2O2. The third kappa shape index (κ3) is 1.59. The Morgan fingerprint density at radius 3 is 2.50 bits per heavy atom. The summed E-state index contributed by atoms with van der Waals surface area (Å²) in [7, 11) is 0. The van der Waals surface area contributed by atoms with Crippen molar-refractivity contribution < 1.29 is 9.59 Å². The fourth-order valence-corrected chi connectivity index (χ4v) is 1.39. The number of hydrogen-bond acceptors (Lipinski definition) is 2. The number of carbonyl (C=O) groups excluding carboxylic acids is 2. The summed E-state index contributed by atoms with van der Waals surface area (Å²) in [6, 6.07) is 9.29. The topological polar surface area (TPSA) is 49.4 Å². The quantitative estimate of drug-likeness (QED) is 0.655. The minimum Gasteiger partial charge on any atom is -0.338 e. The number of benzene rings is 1. The normalized spacial score (nSPS) is 16.7. The van der Waals surface area contributed by atoms with Crippen molar-refractivity contribution in [3.63, 3.8) is 0 Å². The predicted molar refractivity (Wildman–Crippen MR) is 51.6 cm³/mol. The van der Waals surface area contributed by atoms with E-state index in [1.54, 1.807) is 4.90 Å². The molecule has 4 heteroatoms. The Labute approximate surface area is 81.5 Å². The van der Waals surface area contributed by atoms with E-state index in [1.807, 2.05) is 30.3 Å². The molecule has 0 bridgehead atoms. The van der Waals surface area contributed by atoms with Crippen LogP contribution in [-0.4, -0.2) is 18.5 Å². The summed E-state index contributed by atoms with van der Waals surface area (Å²) < 4.78 is 0. The van der Waals surface area contributed by atoms with Gasteiger partial charge in [-0.15, -0.1) is 0 Å². The molecule has 0 spiro atoms. The molecule has 0 aromatic heterocycles. The van der Waals surface area contributed by atoms with Crippen molar-refractivity contribution in [1.29, 1.82) is 0 Å². The Bertz CT molecular complexity index is 362. The van der Waals surface area contributed by atoms with E-state index in [9.17, 15) is 9.59 Å². The van der Waals surface area contributed by atoms with Gasteiger partial charge in [-0.2, -0.15) is 0 Å². The molecule has 2 rings (SSSR count). The molecule has 14 heavy (non-hydrogen) atoms. The molecule has 0 saturated carbocycles. The van der Waals surface area contributed by atoms with Crippen molar-refractivity contribution in [2.24, 2.45) is 0 Å². The molecule has 1 saturated heterocycles. The fraction of sp³-hybridized carbons (Fsp3) is 0.200. The Morgan fingerprint density at radius 1 is 1.14 bits per heavy atom. The van der Waals surface area contributed by atoms with Crippen LogP contribution in [0.3, 0.4) is 0 Å². The van der Waals surface area contributed by atoms with Gasteiger partial charge in [0.25, 0.3) is 0 Å². The molecule has 2 amide bonds. The van der Waals surface area contributed by atoms with Crippen molar-refractivity contribution in [1.82, 2.24) is 5.32 Å². The van der Waals surface area contributed by atoms with Crippen LogP contribution in [0.1, 0.15) is 6.42 Å². The molecule has 1 aliphatic heterocycles. The van der Waals surface area contributed by atoms with Crippen molar-refractivity contribution >= 4 is 17.5 Å². The van der Waals surface area contributed by atoms with E-state index in [-0.39, 0.29) is 24.9 Å². The number of rotatable bonds is 1. The standard InChI is InChI=1S/C10H10N2O2/c13-9-6-10(14)12(7-11-9)8-4-2-1-3-5-8/h1-5H,6-7H2,(H,11,13). The molecule has 1 heterocycles. The van der Waals surface area contributed by atoms with Crippen LogP contribution in [0.25, 0.3) is 0 Å². The first-order valence-electron chi connectivity index (χ1n) is 4.39. The highest BCUT2D eigenvalue weighted by molar-refractivity contribution is 6.07. The van der Waals surface area contributed by atoms with E-state index in [2.05, 4.69) is 5.32 Å². The van der Waals surface area contributed by atoms with Gasteiger partial charge >= 0.3 is 0 Å².